The van der Waals surface area contributed by atoms with E-state index in [-0.39, 0.29) is 5.91 Å². The Kier molecular flexibility index (Phi) is 3.69. The van der Waals surface area contributed by atoms with Gasteiger partial charge >= 0.3 is 0 Å². The normalized spacial score (nSPS) is 19.9. The fraction of sp³-hybridized carbons (Fsp3) is 0.412. The van der Waals surface area contributed by atoms with Crippen LogP contribution in [0.2, 0.25) is 0 Å². The molecular formula is C17H18N2O3S. The highest BCUT2D eigenvalue weighted by Crippen LogP contribution is 2.35. The van der Waals surface area contributed by atoms with Crippen molar-refractivity contribution >= 4 is 17.2 Å². The molecule has 1 unspecified atom stereocenters. The van der Waals surface area contributed by atoms with E-state index in [0.29, 0.717) is 24.8 Å². The minimum absolute atomic E-state index is 0.0365. The minimum atomic E-state index is 0.0365. The van der Waals surface area contributed by atoms with Gasteiger partial charge in [-0.05, 0) is 30.5 Å². The second kappa shape index (κ2) is 5.85. The number of amides is 1. The maximum atomic E-state index is 12.5. The third kappa shape index (κ3) is 2.79. The molecule has 0 spiro atoms. The Morgan fingerprint density at radius 2 is 2.13 bits per heavy atom. The summed E-state index contributed by atoms with van der Waals surface area (Å²) in [7, 11) is 0. The molecule has 1 aromatic heterocycles. The van der Waals surface area contributed by atoms with E-state index < -0.39 is 0 Å². The van der Waals surface area contributed by atoms with Gasteiger partial charge < -0.3 is 14.4 Å². The molecule has 2 aliphatic heterocycles. The summed E-state index contributed by atoms with van der Waals surface area (Å²) in [5.41, 5.74) is 1.49. The summed E-state index contributed by atoms with van der Waals surface area (Å²) in [5.74, 6) is 2.12. The summed E-state index contributed by atoms with van der Waals surface area (Å²) in [6, 6.07) is 5.78. The molecule has 1 aromatic carbocycles. The average Bonchev–Trinajstić information content (AvgIpc) is 3.23. The van der Waals surface area contributed by atoms with Crippen LogP contribution in [0.3, 0.4) is 0 Å². The van der Waals surface area contributed by atoms with Crippen molar-refractivity contribution in [3.63, 3.8) is 0 Å². The van der Waals surface area contributed by atoms with Gasteiger partial charge in [-0.1, -0.05) is 6.92 Å². The van der Waals surface area contributed by atoms with Crippen LogP contribution in [0.4, 0.5) is 0 Å². The Morgan fingerprint density at radius 3 is 2.91 bits per heavy atom. The monoisotopic (exact) mass is 330 g/mol. The van der Waals surface area contributed by atoms with E-state index in [4.69, 9.17) is 9.47 Å². The topological polar surface area (TPSA) is 51.7 Å². The number of likely N-dealkylation sites (tertiary alicyclic amines) is 1. The zero-order valence-corrected chi connectivity index (χ0v) is 13.8. The maximum Gasteiger partial charge on any atom is 0.273 e. The van der Waals surface area contributed by atoms with Crippen LogP contribution >= 0.6 is 11.3 Å². The summed E-state index contributed by atoms with van der Waals surface area (Å²) >= 11 is 1.49. The van der Waals surface area contributed by atoms with Crippen LogP contribution in [-0.2, 0) is 0 Å². The molecule has 0 bridgehead atoms. The highest BCUT2D eigenvalue weighted by molar-refractivity contribution is 7.13. The maximum absolute atomic E-state index is 12.5. The molecule has 6 heteroatoms. The molecule has 0 saturated carbocycles. The summed E-state index contributed by atoms with van der Waals surface area (Å²) in [6.45, 7) is 4.98. The Hall–Kier alpha value is -2.08. The van der Waals surface area contributed by atoms with E-state index in [1.165, 1.54) is 11.3 Å². The number of fused-ring (bicyclic) bond motifs is 1. The molecule has 0 aliphatic carbocycles. The SMILES string of the molecule is CC1CCN(C(=O)c2csc(-c3ccc4c(c3)OCCO4)n2)C1. The number of ether oxygens (including phenoxy) is 2. The molecule has 0 radical (unpaired) electrons. The third-order valence-electron chi connectivity index (χ3n) is 4.22. The summed E-state index contributed by atoms with van der Waals surface area (Å²) in [5, 5.41) is 2.68. The van der Waals surface area contributed by atoms with Gasteiger partial charge in [-0.15, -0.1) is 11.3 Å². The highest BCUT2D eigenvalue weighted by atomic mass is 32.1. The van der Waals surface area contributed by atoms with E-state index in [0.717, 1.165) is 41.6 Å². The van der Waals surface area contributed by atoms with E-state index in [9.17, 15) is 4.79 Å². The highest BCUT2D eigenvalue weighted by Gasteiger charge is 2.26. The van der Waals surface area contributed by atoms with E-state index in [2.05, 4.69) is 11.9 Å². The smallest absolute Gasteiger partial charge is 0.273 e. The van der Waals surface area contributed by atoms with Gasteiger partial charge in [0.25, 0.3) is 5.91 Å². The van der Waals surface area contributed by atoms with Crippen molar-refractivity contribution in [3.05, 3.63) is 29.3 Å². The van der Waals surface area contributed by atoms with Gasteiger partial charge in [0.05, 0.1) is 0 Å². The standard InChI is InChI=1S/C17H18N2O3S/c1-11-4-5-19(9-11)17(20)13-10-23-16(18-13)12-2-3-14-15(8-12)22-7-6-21-14/h2-3,8,10-11H,4-7,9H2,1H3. The number of benzene rings is 1. The second-order valence-corrected chi connectivity index (χ2v) is 6.90. The zero-order chi connectivity index (χ0) is 15.8. The van der Waals surface area contributed by atoms with Gasteiger partial charge in [0.15, 0.2) is 11.5 Å². The first-order valence-electron chi connectivity index (χ1n) is 7.85. The first kappa shape index (κ1) is 14.5. The average molecular weight is 330 g/mol. The molecule has 5 nitrogen and oxygen atoms in total. The number of hydrogen-bond acceptors (Lipinski definition) is 5. The summed E-state index contributed by atoms with van der Waals surface area (Å²) < 4.78 is 11.1. The van der Waals surface area contributed by atoms with Crippen molar-refractivity contribution in [2.45, 2.75) is 13.3 Å². The van der Waals surface area contributed by atoms with Crippen LogP contribution in [0.5, 0.6) is 11.5 Å². The predicted octanol–water partition coefficient (Wildman–Crippen LogP) is 3.06. The Bertz CT molecular complexity index is 743. The largest absolute Gasteiger partial charge is 0.486 e. The molecule has 4 rings (SSSR count). The fourth-order valence-electron chi connectivity index (χ4n) is 2.96. The molecule has 120 valence electrons. The number of rotatable bonds is 2. The molecule has 1 atom stereocenters. The van der Waals surface area contributed by atoms with Gasteiger partial charge in [0.1, 0.15) is 23.9 Å². The molecule has 3 heterocycles. The summed E-state index contributed by atoms with van der Waals surface area (Å²) in [6.07, 6.45) is 1.07. The van der Waals surface area contributed by atoms with Crippen LogP contribution < -0.4 is 9.47 Å². The fourth-order valence-corrected chi connectivity index (χ4v) is 3.75. The first-order chi connectivity index (χ1) is 11.2. The molecule has 1 amide bonds. The minimum Gasteiger partial charge on any atom is -0.486 e. The van der Waals surface area contributed by atoms with Crippen molar-refractivity contribution in [1.29, 1.82) is 0 Å². The molecule has 1 fully saturated rings. The number of thiazole rings is 1. The number of aromatic nitrogens is 1. The van der Waals surface area contributed by atoms with Crippen molar-refractivity contribution in [1.82, 2.24) is 9.88 Å². The van der Waals surface area contributed by atoms with Crippen LogP contribution in [-0.4, -0.2) is 42.1 Å². The number of carbonyl (C=O) groups is 1. The van der Waals surface area contributed by atoms with Crippen LogP contribution in [0.1, 0.15) is 23.8 Å². The molecule has 1 saturated heterocycles. The molecule has 23 heavy (non-hydrogen) atoms. The molecule has 2 aromatic rings. The lowest BCUT2D eigenvalue weighted by Crippen LogP contribution is -2.28. The van der Waals surface area contributed by atoms with Gasteiger partial charge in [-0.3, -0.25) is 4.79 Å². The third-order valence-corrected chi connectivity index (χ3v) is 5.11. The van der Waals surface area contributed by atoms with Gasteiger partial charge in [-0.2, -0.15) is 0 Å². The van der Waals surface area contributed by atoms with Gasteiger partial charge in [0, 0.05) is 24.0 Å². The van der Waals surface area contributed by atoms with Crippen LogP contribution in [0, 0.1) is 5.92 Å². The van der Waals surface area contributed by atoms with E-state index in [1.54, 1.807) is 0 Å². The van der Waals surface area contributed by atoms with Crippen LogP contribution in [0.25, 0.3) is 10.6 Å². The molecule has 2 aliphatic rings. The number of carbonyl (C=O) groups excluding carboxylic acids is 1. The lowest BCUT2D eigenvalue weighted by molar-refractivity contribution is 0.0783. The quantitative estimate of drug-likeness (QED) is 0.849. The molecular weight excluding hydrogens is 312 g/mol. The Morgan fingerprint density at radius 1 is 1.30 bits per heavy atom. The van der Waals surface area contributed by atoms with E-state index in [1.807, 2.05) is 28.5 Å². The van der Waals surface area contributed by atoms with Crippen molar-refractivity contribution in [2.24, 2.45) is 5.92 Å². The van der Waals surface area contributed by atoms with Gasteiger partial charge in [0.2, 0.25) is 0 Å². The van der Waals surface area contributed by atoms with Crippen molar-refractivity contribution in [3.8, 4) is 22.1 Å². The zero-order valence-electron chi connectivity index (χ0n) is 12.9. The summed E-state index contributed by atoms with van der Waals surface area (Å²) in [4.78, 5) is 18.9. The number of nitrogens with zero attached hydrogens (tertiary/aromatic N) is 2. The lowest BCUT2D eigenvalue weighted by atomic mass is 10.2. The Balaban J connectivity index is 1.57. The Labute approximate surface area is 138 Å². The second-order valence-electron chi connectivity index (χ2n) is 6.04. The van der Waals surface area contributed by atoms with Crippen molar-refractivity contribution in [2.75, 3.05) is 26.3 Å². The number of hydrogen-bond donors (Lipinski definition) is 0. The van der Waals surface area contributed by atoms with Crippen molar-refractivity contribution < 1.29 is 14.3 Å². The van der Waals surface area contributed by atoms with Crippen LogP contribution in [0.15, 0.2) is 23.6 Å². The molecule has 0 N–H and O–H groups in total. The first-order valence-corrected chi connectivity index (χ1v) is 8.73. The lowest BCUT2D eigenvalue weighted by Gasteiger charge is -2.18. The van der Waals surface area contributed by atoms with Gasteiger partial charge in [-0.25, -0.2) is 4.98 Å². The predicted molar refractivity (Wildman–Crippen MR) is 88.2 cm³/mol. The van der Waals surface area contributed by atoms with E-state index >= 15 is 0 Å².